The summed E-state index contributed by atoms with van der Waals surface area (Å²) in [5.41, 5.74) is -0.191. The number of hydrogen-bond donors (Lipinski definition) is 1. The van der Waals surface area contributed by atoms with Crippen molar-refractivity contribution in [3.8, 4) is 0 Å². The molecule has 1 N–H and O–H groups in total. The summed E-state index contributed by atoms with van der Waals surface area (Å²) in [6.07, 6.45) is 0. The first-order valence-electron chi connectivity index (χ1n) is 8.77. The van der Waals surface area contributed by atoms with Crippen molar-refractivity contribution in [2.45, 2.75) is 0 Å². The molecular formula is C19H32N2O6. The lowest BCUT2D eigenvalue weighted by molar-refractivity contribution is -0.858. The van der Waals surface area contributed by atoms with Crippen LogP contribution in [0.15, 0.2) is 24.3 Å². The minimum atomic E-state index is -1.40. The molecule has 8 heteroatoms. The first-order valence-corrected chi connectivity index (χ1v) is 8.77. The molecule has 0 atom stereocenters. The monoisotopic (exact) mass is 384 g/mol. The molecule has 0 radical (unpaired) electrons. The highest BCUT2D eigenvalue weighted by molar-refractivity contribution is 6.01. The number of benzene rings is 1. The summed E-state index contributed by atoms with van der Waals surface area (Å²) >= 11 is 0. The van der Waals surface area contributed by atoms with Gasteiger partial charge in [0.05, 0.1) is 45.4 Å². The van der Waals surface area contributed by atoms with Crippen LogP contribution in [0.5, 0.6) is 0 Å². The minimum absolute atomic E-state index is 0.0152. The van der Waals surface area contributed by atoms with Crippen LogP contribution in [-0.2, 0) is 14.2 Å². The van der Waals surface area contributed by atoms with Gasteiger partial charge in [-0.15, -0.1) is 0 Å². The Labute approximate surface area is 161 Å². The Morgan fingerprint density at radius 1 is 1.04 bits per heavy atom. The van der Waals surface area contributed by atoms with Gasteiger partial charge >= 0.3 is 5.97 Å². The van der Waals surface area contributed by atoms with Crippen LogP contribution in [0.3, 0.4) is 0 Å². The Morgan fingerprint density at radius 3 is 2.19 bits per heavy atom. The summed E-state index contributed by atoms with van der Waals surface area (Å²) in [7, 11) is 9.86. The van der Waals surface area contributed by atoms with E-state index in [0.717, 1.165) is 26.3 Å². The Kier molecular flexibility index (Phi) is 14.0. The summed E-state index contributed by atoms with van der Waals surface area (Å²) in [6, 6.07) is 5.74. The van der Waals surface area contributed by atoms with Gasteiger partial charge in [0.25, 0.3) is 0 Å². The van der Waals surface area contributed by atoms with E-state index in [1.807, 2.05) is 0 Å². The molecular weight excluding hydrogens is 352 g/mol. The number of esters is 1. The molecule has 0 bridgehead atoms. The maximum absolute atomic E-state index is 11.5. The van der Waals surface area contributed by atoms with Crippen LogP contribution in [0.2, 0.25) is 0 Å². The van der Waals surface area contributed by atoms with E-state index < -0.39 is 11.9 Å². The zero-order chi connectivity index (χ0) is 20.7. The molecule has 8 nitrogen and oxygen atoms in total. The molecule has 0 saturated carbocycles. The fraction of sp³-hybridized carbons (Fsp3) is 0.579. The van der Waals surface area contributed by atoms with Crippen molar-refractivity contribution in [1.82, 2.24) is 4.90 Å². The summed E-state index contributed by atoms with van der Waals surface area (Å²) in [5.74, 6) is -2.10. The highest BCUT2D eigenvalue weighted by atomic mass is 16.6. The lowest BCUT2D eigenvalue weighted by Gasteiger charge is -2.10. The predicted octanol–water partition coefficient (Wildman–Crippen LogP) is -1.44. The van der Waals surface area contributed by atoms with E-state index in [9.17, 15) is 14.7 Å². The molecule has 27 heavy (non-hydrogen) atoms. The highest BCUT2D eigenvalue weighted by Gasteiger charge is 2.12. The number of likely N-dealkylation sites (N-methyl/N-ethyl adjacent to an activating group) is 2. The molecule has 1 rings (SSSR count). The number of rotatable bonds is 11. The Morgan fingerprint density at radius 2 is 1.67 bits per heavy atom. The fourth-order valence-electron chi connectivity index (χ4n) is 1.76. The maximum atomic E-state index is 11.5. The van der Waals surface area contributed by atoms with Crippen molar-refractivity contribution in [2.24, 2.45) is 0 Å². The number of carbonyl (C=O) groups is 2. The van der Waals surface area contributed by atoms with E-state index >= 15 is 0 Å². The molecule has 154 valence electrons. The highest BCUT2D eigenvalue weighted by Crippen LogP contribution is 2.09. The average Bonchev–Trinajstić information content (AvgIpc) is 2.61. The Balaban J connectivity index is 0.000000541. The van der Waals surface area contributed by atoms with Crippen LogP contribution in [0.1, 0.15) is 20.7 Å². The molecule has 1 aromatic carbocycles. The molecule has 0 unspecified atom stereocenters. The van der Waals surface area contributed by atoms with Crippen molar-refractivity contribution in [3.63, 3.8) is 0 Å². The standard InChI is InChI=1S/C11H12O5.C8H20N2O/c1-15-6-7-16-11(14)9-5-3-2-4-8(9)10(12)13;1-9(2)5-7-11-8-6-10(3)4/h2-5H,6-7H2,1H3,(H,12,13);5-8H2,1-4H3. The van der Waals surface area contributed by atoms with E-state index in [-0.39, 0.29) is 24.3 Å². The Hall–Kier alpha value is -2.00. The number of carboxylic acid groups (broad SMARTS) is 1. The quantitative estimate of drug-likeness (QED) is 0.369. The average molecular weight is 384 g/mol. The number of hydrogen-bond acceptors (Lipinski definition) is 7. The van der Waals surface area contributed by atoms with Gasteiger partial charge in [-0.1, -0.05) is 18.2 Å². The summed E-state index contributed by atoms with van der Waals surface area (Å²) < 4.78 is 14.9. The van der Waals surface area contributed by atoms with Gasteiger partial charge in [0.1, 0.15) is 13.2 Å². The molecule has 0 fully saturated rings. The lowest BCUT2D eigenvalue weighted by atomic mass is 10.1. The number of carbonyl (C=O) groups excluding carboxylic acids is 2. The third-order valence-corrected chi connectivity index (χ3v) is 3.32. The van der Waals surface area contributed by atoms with Gasteiger partial charge in [-0.2, -0.15) is 0 Å². The largest absolute Gasteiger partial charge is 0.545 e. The molecule has 0 amide bonds. The van der Waals surface area contributed by atoms with Crippen LogP contribution in [0, 0.1) is 0 Å². The normalized spacial score (nSPS) is 10.5. The molecule has 0 saturated heterocycles. The molecule has 0 spiro atoms. The van der Waals surface area contributed by atoms with E-state index in [4.69, 9.17) is 14.2 Å². The van der Waals surface area contributed by atoms with Crippen LogP contribution < -0.4 is 10.0 Å². The molecule has 0 aliphatic heterocycles. The molecule has 0 aromatic heterocycles. The lowest BCUT2D eigenvalue weighted by Crippen LogP contribution is -3.06. The van der Waals surface area contributed by atoms with Crippen LogP contribution >= 0.6 is 0 Å². The Bertz CT molecular complexity index is 539. The van der Waals surface area contributed by atoms with E-state index in [0.29, 0.717) is 0 Å². The number of nitrogens with one attached hydrogen (secondary N) is 1. The van der Waals surface area contributed by atoms with Gasteiger partial charge in [-0.3, -0.25) is 0 Å². The van der Waals surface area contributed by atoms with Crippen molar-refractivity contribution >= 4 is 11.9 Å². The zero-order valence-electron chi connectivity index (χ0n) is 16.9. The van der Waals surface area contributed by atoms with Crippen molar-refractivity contribution in [3.05, 3.63) is 35.4 Å². The van der Waals surface area contributed by atoms with Crippen LogP contribution in [0.4, 0.5) is 0 Å². The third-order valence-electron chi connectivity index (χ3n) is 3.32. The van der Waals surface area contributed by atoms with Crippen LogP contribution in [-0.4, -0.2) is 91.7 Å². The van der Waals surface area contributed by atoms with Gasteiger partial charge < -0.3 is 33.9 Å². The van der Waals surface area contributed by atoms with E-state index in [1.165, 1.54) is 30.2 Å². The van der Waals surface area contributed by atoms with Gasteiger partial charge in [0.15, 0.2) is 0 Å². The van der Waals surface area contributed by atoms with Crippen molar-refractivity contribution < 1.29 is 33.8 Å². The van der Waals surface area contributed by atoms with Crippen molar-refractivity contribution in [1.29, 1.82) is 0 Å². The number of quaternary nitrogens is 1. The van der Waals surface area contributed by atoms with Crippen LogP contribution in [0.25, 0.3) is 0 Å². The second-order valence-corrected chi connectivity index (χ2v) is 6.33. The first-order chi connectivity index (χ1) is 12.8. The second-order valence-electron chi connectivity index (χ2n) is 6.33. The first kappa shape index (κ1) is 25.0. The van der Waals surface area contributed by atoms with Gasteiger partial charge in [-0.05, 0) is 20.2 Å². The zero-order valence-corrected chi connectivity index (χ0v) is 16.9. The minimum Gasteiger partial charge on any atom is -0.545 e. The topological polar surface area (TPSA) is 92.6 Å². The molecule has 1 aromatic rings. The number of nitrogens with zero attached hydrogens (tertiary/aromatic N) is 1. The number of methoxy groups -OCH3 is 1. The summed E-state index contributed by atoms with van der Waals surface area (Å²) in [5, 5.41) is 10.7. The molecule has 0 aliphatic rings. The van der Waals surface area contributed by atoms with Gasteiger partial charge in [-0.25, -0.2) is 4.79 Å². The number of ether oxygens (including phenoxy) is 3. The molecule has 0 heterocycles. The number of aromatic carboxylic acids is 1. The fourth-order valence-corrected chi connectivity index (χ4v) is 1.76. The predicted molar refractivity (Wildman–Crippen MR) is 100.0 cm³/mol. The maximum Gasteiger partial charge on any atom is 0.338 e. The van der Waals surface area contributed by atoms with E-state index in [1.54, 1.807) is 6.07 Å². The smallest absolute Gasteiger partial charge is 0.338 e. The SMILES string of the molecule is CN(C)CCOCC[NH+](C)C.COCCOC(=O)c1ccccc1C(=O)[O-]. The van der Waals surface area contributed by atoms with Gasteiger partial charge in [0, 0.05) is 19.2 Å². The van der Waals surface area contributed by atoms with Gasteiger partial charge in [0.2, 0.25) is 0 Å². The summed E-state index contributed by atoms with van der Waals surface area (Å²) in [4.78, 5) is 25.8. The van der Waals surface area contributed by atoms with E-state index in [2.05, 4.69) is 33.1 Å². The number of carboxylic acids is 1. The summed E-state index contributed by atoms with van der Waals surface area (Å²) in [6.45, 7) is 4.17. The molecule has 0 aliphatic carbocycles. The van der Waals surface area contributed by atoms with Crippen molar-refractivity contribution in [2.75, 3.05) is 74.8 Å². The third kappa shape index (κ3) is 12.9. The second kappa shape index (κ2) is 15.1.